The molecule has 0 aromatic carbocycles. The smallest absolute Gasteiger partial charge is 0.303 e. The maximum Gasteiger partial charge on any atom is 0.303 e. The number of amides is 1. The number of oxazole rings is 1. The van der Waals surface area contributed by atoms with Crippen LogP contribution in [0.5, 0.6) is 0 Å². The van der Waals surface area contributed by atoms with E-state index in [9.17, 15) is 9.59 Å². The number of piperidine rings is 1. The van der Waals surface area contributed by atoms with Gasteiger partial charge in [-0.2, -0.15) is 0 Å². The van der Waals surface area contributed by atoms with Gasteiger partial charge in [0.1, 0.15) is 0 Å². The summed E-state index contributed by atoms with van der Waals surface area (Å²) in [6.07, 6.45) is 3.85. The fraction of sp³-hybridized carbons (Fsp3) is 0.667. The van der Waals surface area contributed by atoms with E-state index in [0.29, 0.717) is 36.4 Å². The Morgan fingerprint density at radius 1 is 1.29 bits per heavy atom. The Kier molecular flexibility index (Phi) is 3.69. The summed E-state index contributed by atoms with van der Waals surface area (Å²) in [5.41, 5.74) is 0.662. The maximum atomic E-state index is 12.5. The standard InChI is InChI=1S/C15H20N2O4/c1-9-13(21-14(16-9)11-2-3-11)15(20)17-6-4-10(5-7-17)8-12(18)19/h10-11H,2-8H2,1H3,(H,18,19). The van der Waals surface area contributed by atoms with E-state index in [1.807, 2.05) is 0 Å². The lowest BCUT2D eigenvalue weighted by Crippen LogP contribution is -2.39. The van der Waals surface area contributed by atoms with Crippen LogP contribution in [0.25, 0.3) is 0 Å². The Labute approximate surface area is 123 Å². The van der Waals surface area contributed by atoms with Gasteiger partial charge in [-0.25, -0.2) is 4.98 Å². The quantitative estimate of drug-likeness (QED) is 0.919. The molecule has 1 aromatic rings. The van der Waals surface area contributed by atoms with E-state index >= 15 is 0 Å². The highest BCUT2D eigenvalue weighted by atomic mass is 16.4. The van der Waals surface area contributed by atoms with Gasteiger partial charge in [-0.1, -0.05) is 0 Å². The second-order valence-electron chi connectivity index (χ2n) is 6.07. The summed E-state index contributed by atoms with van der Waals surface area (Å²) < 4.78 is 5.65. The molecule has 1 saturated heterocycles. The maximum absolute atomic E-state index is 12.5. The number of rotatable bonds is 4. The van der Waals surface area contributed by atoms with Crippen molar-refractivity contribution in [1.82, 2.24) is 9.88 Å². The van der Waals surface area contributed by atoms with Crippen molar-refractivity contribution in [1.29, 1.82) is 0 Å². The molecule has 21 heavy (non-hydrogen) atoms. The van der Waals surface area contributed by atoms with Crippen LogP contribution in [0.4, 0.5) is 0 Å². The zero-order valence-corrected chi connectivity index (χ0v) is 12.2. The van der Waals surface area contributed by atoms with Crippen molar-refractivity contribution in [2.24, 2.45) is 5.92 Å². The first-order valence-corrected chi connectivity index (χ1v) is 7.53. The van der Waals surface area contributed by atoms with Gasteiger partial charge in [0.25, 0.3) is 5.91 Å². The predicted octanol–water partition coefficient (Wildman–Crippen LogP) is 2.19. The Balaban J connectivity index is 1.62. The van der Waals surface area contributed by atoms with Crippen LogP contribution >= 0.6 is 0 Å². The number of aryl methyl sites for hydroxylation is 1. The van der Waals surface area contributed by atoms with E-state index in [-0.39, 0.29) is 18.2 Å². The molecule has 1 N–H and O–H groups in total. The van der Waals surface area contributed by atoms with E-state index in [2.05, 4.69) is 4.98 Å². The Morgan fingerprint density at radius 2 is 1.95 bits per heavy atom. The summed E-state index contributed by atoms with van der Waals surface area (Å²) in [5.74, 6) is 0.738. The summed E-state index contributed by atoms with van der Waals surface area (Å²) in [4.78, 5) is 29.3. The molecule has 1 amide bonds. The molecule has 6 nitrogen and oxygen atoms in total. The molecule has 2 heterocycles. The minimum absolute atomic E-state index is 0.110. The summed E-state index contributed by atoms with van der Waals surface area (Å²) >= 11 is 0. The Morgan fingerprint density at radius 3 is 2.52 bits per heavy atom. The van der Waals surface area contributed by atoms with E-state index in [1.165, 1.54) is 0 Å². The third-order valence-electron chi connectivity index (χ3n) is 4.30. The Hall–Kier alpha value is -1.85. The third-order valence-corrected chi connectivity index (χ3v) is 4.30. The molecular formula is C15H20N2O4. The topological polar surface area (TPSA) is 83.6 Å². The molecule has 0 radical (unpaired) electrons. The molecule has 6 heteroatoms. The number of hydrogen-bond acceptors (Lipinski definition) is 4. The number of hydrogen-bond donors (Lipinski definition) is 1. The van der Waals surface area contributed by atoms with Crippen molar-refractivity contribution in [2.45, 2.75) is 44.9 Å². The van der Waals surface area contributed by atoms with Gasteiger partial charge in [0.2, 0.25) is 5.76 Å². The Bertz CT molecular complexity index is 554. The lowest BCUT2D eigenvalue weighted by atomic mass is 9.93. The van der Waals surface area contributed by atoms with Crippen molar-refractivity contribution in [3.8, 4) is 0 Å². The number of carbonyl (C=O) groups is 2. The molecule has 1 aliphatic carbocycles. The molecule has 2 fully saturated rings. The van der Waals surface area contributed by atoms with Crippen LogP contribution in [-0.4, -0.2) is 40.0 Å². The fourth-order valence-electron chi connectivity index (χ4n) is 2.85. The molecule has 0 bridgehead atoms. The van der Waals surface area contributed by atoms with Crippen LogP contribution < -0.4 is 0 Å². The monoisotopic (exact) mass is 292 g/mol. The number of aromatic nitrogens is 1. The van der Waals surface area contributed by atoms with E-state index in [1.54, 1.807) is 11.8 Å². The first-order chi connectivity index (χ1) is 10.0. The van der Waals surface area contributed by atoms with Crippen molar-refractivity contribution in [3.05, 3.63) is 17.3 Å². The summed E-state index contributed by atoms with van der Waals surface area (Å²) in [6, 6.07) is 0. The largest absolute Gasteiger partial charge is 0.481 e. The van der Waals surface area contributed by atoms with Crippen LogP contribution in [0, 0.1) is 12.8 Å². The van der Waals surface area contributed by atoms with Crippen LogP contribution in [0.2, 0.25) is 0 Å². The van der Waals surface area contributed by atoms with E-state index in [0.717, 1.165) is 25.7 Å². The molecule has 1 aliphatic heterocycles. The van der Waals surface area contributed by atoms with Crippen molar-refractivity contribution >= 4 is 11.9 Å². The second kappa shape index (κ2) is 5.50. The van der Waals surface area contributed by atoms with Gasteiger partial charge < -0.3 is 14.4 Å². The predicted molar refractivity (Wildman–Crippen MR) is 74.1 cm³/mol. The summed E-state index contributed by atoms with van der Waals surface area (Å²) in [7, 11) is 0. The summed E-state index contributed by atoms with van der Waals surface area (Å²) in [6.45, 7) is 2.99. The summed E-state index contributed by atoms with van der Waals surface area (Å²) in [5, 5.41) is 8.81. The molecule has 0 unspecified atom stereocenters. The number of carboxylic acid groups (broad SMARTS) is 1. The third kappa shape index (κ3) is 3.09. The molecule has 2 aliphatic rings. The van der Waals surface area contributed by atoms with Crippen molar-refractivity contribution in [3.63, 3.8) is 0 Å². The van der Waals surface area contributed by atoms with Gasteiger partial charge in [-0.3, -0.25) is 9.59 Å². The van der Waals surface area contributed by atoms with Gasteiger partial charge in [0.15, 0.2) is 5.89 Å². The molecule has 114 valence electrons. The highest BCUT2D eigenvalue weighted by molar-refractivity contribution is 5.92. The molecular weight excluding hydrogens is 272 g/mol. The SMILES string of the molecule is Cc1nc(C2CC2)oc1C(=O)N1CCC(CC(=O)O)CC1. The lowest BCUT2D eigenvalue weighted by molar-refractivity contribution is -0.138. The van der Waals surface area contributed by atoms with Gasteiger partial charge in [-0.05, 0) is 38.5 Å². The van der Waals surface area contributed by atoms with Crippen LogP contribution in [0.3, 0.4) is 0 Å². The number of nitrogens with zero attached hydrogens (tertiary/aromatic N) is 2. The average molecular weight is 292 g/mol. The number of aliphatic carboxylic acids is 1. The zero-order chi connectivity index (χ0) is 15.0. The average Bonchev–Trinajstić information content (AvgIpc) is 3.22. The van der Waals surface area contributed by atoms with Gasteiger partial charge in [0, 0.05) is 25.4 Å². The van der Waals surface area contributed by atoms with Crippen LogP contribution in [0.15, 0.2) is 4.42 Å². The van der Waals surface area contributed by atoms with Crippen LogP contribution in [0.1, 0.15) is 60.2 Å². The molecule has 1 aromatic heterocycles. The van der Waals surface area contributed by atoms with Gasteiger partial charge in [0.05, 0.1) is 5.69 Å². The minimum Gasteiger partial charge on any atom is -0.481 e. The highest BCUT2D eigenvalue weighted by Crippen LogP contribution is 2.40. The van der Waals surface area contributed by atoms with E-state index < -0.39 is 5.97 Å². The fourth-order valence-corrected chi connectivity index (χ4v) is 2.85. The number of carboxylic acids is 1. The second-order valence-corrected chi connectivity index (χ2v) is 6.07. The highest BCUT2D eigenvalue weighted by Gasteiger charge is 2.33. The first kappa shape index (κ1) is 14.1. The lowest BCUT2D eigenvalue weighted by Gasteiger charge is -2.30. The van der Waals surface area contributed by atoms with Crippen LogP contribution in [-0.2, 0) is 4.79 Å². The van der Waals surface area contributed by atoms with Gasteiger partial charge in [-0.15, -0.1) is 0 Å². The first-order valence-electron chi connectivity index (χ1n) is 7.53. The van der Waals surface area contributed by atoms with Crippen molar-refractivity contribution < 1.29 is 19.1 Å². The number of carbonyl (C=O) groups excluding carboxylic acids is 1. The minimum atomic E-state index is -0.764. The molecule has 1 saturated carbocycles. The molecule has 0 spiro atoms. The number of likely N-dealkylation sites (tertiary alicyclic amines) is 1. The van der Waals surface area contributed by atoms with Gasteiger partial charge >= 0.3 is 5.97 Å². The normalized spacial score (nSPS) is 19.8. The van der Waals surface area contributed by atoms with E-state index in [4.69, 9.17) is 9.52 Å². The van der Waals surface area contributed by atoms with Crippen molar-refractivity contribution in [2.75, 3.05) is 13.1 Å². The molecule has 0 atom stereocenters. The molecule has 3 rings (SSSR count). The zero-order valence-electron chi connectivity index (χ0n) is 12.2.